The van der Waals surface area contributed by atoms with Crippen LogP contribution >= 0.6 is 0 Å². The topological polar surface area (TPSA) is 89.9 Å². The zero-order valence-corrected chi connectivity index (χ0v) is 15.9. The van der Waals surface area contributed by atoms with Crippen molar-refractivity contribution in [3.05, 3.63) is 24.4 Å². The fourth-order valence-electron chi connectivity index (χ4n) is 3.52. The quantitative estimate of drug-likeness (QED) is 0.450. The van der Waals surface area contributed by atoms with E-state index in [0.717, 1.165) is 31.7 Å². The summed E-state index contributed by atoms with van der Waals surface area (Å²) < 4.78 is 0. The molecule has 0 spiro atoms. The molecule has 146 valence electrons. The lowest BCUT2D eigenvalue weighted by Gasteiger charge is -2.34. The predicted octanol–water partition coefficient (Wildman–Crippen LogP) is 0.755. The van der Waals surface area contributed by atoms with Gasteiger partial charge in [0, 0.05) is 58.3 Å². The Kier molecular flexibility index (Phi) is 6.62. The Labute approximate surface area is 160 Å². The Hall–Kier alpha value is -2.64. The highest BCUT2D eigenvalue weighted by atomic mass is 16.2. The zero-order valence-electron chi connectivity index (χ0n) is 15.9. The molecule has 2 fully saturated rings. The molecule has 0 aliphatic carbocycles. The summed E-state index contributed by atoms with van der Waals surface area (Å²) in [5, 5.41) is 6.66. The smallest absolute Gasteiger partial charge is 0.229 e. The number of aromatic nitrogens is 1. The molecule has 0 saturated carbocycles. The van der Waals surface area contributed by atoms with Gasteiger partial charge < -0.3 is 15.5 Å². The van der Waals surface area contributed by atoms with Gasteiger partial charge in [0.2, 0.25) is 11.8 Å². The number of piperidine rings is 2. The van der Waals surface area contributed by atoms with Crippen LogP contribution in [0.5, 0.6) is 0 Å². The number of anilines is 1. The van der Waals surface area contributed by atoms with E-state index in [1.807, 2.05) is 24.4 Å². The number of rotatable bonds is 5. The van der Waals surface area contributed by atoms with E-state index in [-0.39, 0.29) is 11.8 Å². The first-order chi connectivity index (χ1) is 13.2. The number of amides is 2. The molecule has 2 saturated heterocycles. The summed E-state index contributed by atoms with van der Waals surface area (Å²) in [4.78, 5) is 36.0. The van der Waals surface area contributed by atoms with Gasteiger partial charge in [-0.25, -0.2) is 4.98 Å². The minimum Gasteiger partial charge on any atom is -0.356 e. The van der Waals surface area contributed by atoms with E-state index in [0.29, 0.717) is 44.4 Å². The molecule has 8 heteroatoms. The van der Waals surface area contributed by atoms with Gasteiger partial charge in [-0.15, -0.1) is 0 Å². The largest absolute Gasteiger partial charge is 0.356 e. The first-order valence-electron chi connectivity index (χ1n) is 9.63. The van der Waals surface area contributed by atoms with Gasteiger partial charge in [-0.3, -0.25) is 19.5 Å². The highest BCUT2D eigenvalue weighted by molar-refractivity contribution is 5.97. The van der Waals surface area contributed by atoms with Crippen LogP contribution in [-0.4, -0.2) is 66.9 Å². The van der Waals surface area contributed by atoms with Gasteiger partial charge in [0.05, 0.1) is 0 Å². The third-order valence-electron chi connectivity index (χ3n) is 5.04. The molecular weight excluding hydrogens is 344 g/mol. The van der Waals surface area contributed by atoms with Crippen LogP contribution in [0.25, 0.3) is 0 Å². The number of hydrogen-bond acceptors (Lipinski definition) is 5. The SMILES string of the molecule is CN=C(NCCN1C(=O)CCCC1=O)NC1CCN(c2ccccn2)CC1. The average molecular weight is 372 g/mol. The highest BCUT2D eigenvalue weighted by Crippen LogP contribution is 2.17. The minimum absolute atomic E-state index is 0.0714. The molecule has 0 unspecified atom stereocenters. The van der Waals surface area contributed by atoms with Gasteiger partial charge in [-0.05, 0) is 31.4 Å². The monoisotopic (exact) mass is 372 g/mol. The van der Waals surface area contributed by atoms with E-state index < -0.39 is 0 Å². The number of carbonyl (C=O) groups excluding carboxylic acids is 2. The van der Waals surface area contributed by atoms with Gasteiger partial charge in [-0.1, -0.05) is 6.07 Å². The maximum atomic E-state index is 11.8. The van der Waals surface area contributed by atoms with Crippen molar-refractivity contribution in [3.63, 3.8) is 0 Å². The summed E-state index contributed by atoms with van der Waals surface area (Å²) in [5.74, 6) is 1.59. The number of nitrogens with one attached hydrogen (secondary N) is 2. The number of likely N-dealkylation sites (tertiary alicyclic amines) is 1. The van der Waals surface area contributed by atoms with Crippen LogP contribution in [0, 0.1) is 0 Å². The lowest BCUT2D eigenvalue weighted by atomic mass is 10.1. The molecule has 2 aliphatic heterocycles. The summed E-state index contributed by atoms with van der Waals surface area (Å²) in [6, 6.07) is 6.32. The van der Waals surface area contributed by atoms with Gasteiger partial charge in [-0.2, -0.15) is 0 Å². The van der Waals surface area contributed by atoms with Crippen LogP contribution in [0.15, 0.2) is 29.4 Å². The number of aliphatic imine (C=N–C) groups is 1. The molecule has 1 aromatic rings. The molecule has 0 radical (unpaired) electrons. The van der Waals surface area contributed by atoms with Crippen molar-refractivity contribution in [2.24, 2.45) is 4.99 Å². The van der Waals surface area contributed by atoms with Gasteiger partial charge in [0.25, 0.3) is 0 Å². The first kappa shape index (κ1) is 19.1. The number of guanidine groups is 1. The van der Waals surface area contributed by atoms with Crippen molar-refractivity contribution in [1.82, 2.24) is 20.5 Å². The van der Waals surface area contributed by atoms with E-state index >= 15 is 0 Å². The fraction of sp³-hybridized carbons (Fsp3) is 0.579. The predicted molar refractivity (Wildman–Crippen MR) is 105 cm³/mol. The third kappa shape index (κ3) is 5.18. The minimum atomic E-state index is -0.0714. The molecule has 3 rings (SSSR count). The lowest BCUT2D eigenvalue weighted by Crippen LogP contribution is -2.51. The zero-order chi connectivity index (χ0) is 19.1. The standard InChI is InChI=1S/C19H28N6O2/c1-20-19(22-11-14-25-17(26)6-4-7-18(25)27)23-15-8-12-24(13-9-15)16-5-2-3-10-21-16/h2-3,5,10,15H,4,6-9,11-14H2,1H3,(H2,20,22,23). The summed E-state index contributed by atoms with van der Waals surface area (Å²) in [7, 11) is 1.73. The molecular formula is C19H28N6O2. The van der Waals surface area contributed by atoms with Crippen molar-refractivity contribution < 1.29 is 9.59 Å². The number of carbonyl (C=O) groups is 2. The molecule has 0 bridgehead atoms. The molecule has 2 aliphatic rings. The normalized spacial score (nSPS) is 19.4. The maximum absolute atomic E-state index is 11.8. The van der Waals surface area contributed by atoms with Crippen molar-refractivity contribution in [1.29, 1.82) is 0 Å². The Bertz CT molecular complexity index is 654. The van der Waals surface area contributed by atoms with Gasteiger partial charge >= 0.3 is 0 Å². The van der Waals surface area contributed by atoms with Gasteiger partial charge in [0.1, 0.15) is 5.82 Å². The summed E-state index contributed by atoms with van der Waals surface area (Å²) in [6.45, 7) is 2.78. The number of pyridine rings is 1. The average Bonchev–Trinajstić information content (AvgIpc) is 2.70. The van der Waals surface area contributed by atoms with Crippen LogP contribution in [0.2, 0.25) is 0 Å². The molecule has 1 aromatic heterocycles. The van der Waals surface area contributed by atoms with Crippen LogP contribution in [0.1, 0.15) is 32.1 Å². The Morgan fingerprint density at radius 1 is 1.22 bits per heavy atom. The first-order valence-corrected chi connectivity index (χ1v) is 9.63. The van der Waals surface area contributed by atoms with Crippen molar-refractivity contribution in [3.8, 4) is 0 Å². The highest BCUT2D eigenvalue weighted by Gasteiger charge is 2.25. The lowest BCUT2D eigenvalue weighted by molar-refractivity contribution is -0.147. The van der Waals surface area contributed by atoms with E-state index in [9.17, 15) is 9.59 Å². The Morgan fingerprint density at radius 3 is 2.59 bits per heavy atom. The second-order valence-electron chi connectivity index (χ2n) is 6.89. The molecule has 2 N–H and O–H groups in total. The third-order valence-corrected chi connectivity index (χ3v) is 5.04. The summed E-state index contributed by atoms with van der Waals surface area (Å²) in [6.07, 6.45) is 5.42. The van der Waals surface area contributed by atoms with Crippen LogP contribution in [0.4, 0.5) is 5.82 Å². The van der Waals surface area contributed by atoms with E-state index in [2.05, 4.69) is 25.5 Å². The van der Waals surface area contributed by atoms with Crippen molar-refractivity contribution in [2.45, 2.75) is 38.1 Å². The number of imide groups is 1. The molecule has 8 nitrogen and oxygen atoms in total. The summed E-state index contributed by atoms with van der Waals surface area (Å²) >= 11 is 0. The maximum Gasteiger partial charge on any atom is 0.229 e. The molecule has 2 amide bonds. The molecule has 0 aromatic carbocycles. The fourth-order valence-corrected chi connectivity index (χ4v) is 3.52. The van der Waals surface area contributed by atoms with Crippen LogP contribution < -0.4 is 15.5 Å². The van der Waals surface area contributed by atoms with Crippen LogP contribution in [0.3, 0.4) is 0 Å². The van der Waals surface area contributed by atoms with Crippen LogP contribution in [-0.2, 0) is 9.59 Å². The molecule has 3 heterocycles. The second kappa shape index (κ2) is 9.34. The number of nitrogens with zero attached hydrogens (tertiary/aromatic N) is 4. The van der Waals surface area contributed by atoms with E-state index in [1.54, 1.807) is 7.05 Å². The van der Waals surface area contributed by atoms with E-state index in [4.69, 9.17) is 0 Å². The number of hydrogen-bond donors (Lipinski definition) is 2. The van der Waals surface area contributed by atoms with Crippen molar-refractivity contribution in [2.75, 3.05) is 38.1 Å². The Morgan fingerprint density at radius 2 is 1.96 bits per heavy atom. The van der Waals surface area contributed by atoms with E-state index in [1.165, 1.54) is 4.90 Å². The van der Waals surface area contributed by atoms with Gasteiger partial charge in [0.15, 0.2) is 5.96 Å². The molecule has 0 atom stereocenters. The summed E-state index contributed by atoms with van der Waals surface area (Å²) in [5.41, 5.74) is 0. The molecule has 27 heavy (non-hydrogen) atoms. The Balaban J connectivity index is 1.40. The second-order valence-corrected chi connectivity index (χ2v) is 6.89. The van der Waals surface area contributed by atoms with Crippen molar-refractivity contribution >= 4 is 23.6 Å².